The molecule has 0 aliphatic carbocycles. The van der Waals surface area contributed by atoms with Gasteiger partial charge in [0.25, 0.3) is 11.8 Å². The van der Waals surface area contributed by atoms with E-state index in [0.29, 0.717) is 15.7 Å². The molecule has 2 amide bonds. The van der Waals surface area contributed by atoms with Crippen molar-refractivity contribution >= 4 is 55.4 Å². The van der Waals surface area contributed by atoms with E-state index in [0.717, 1.165) is 9.48 Å². The zero-order valence-electron chi connectivity index (χ0n) is 12.9. The number of nitrogens with zero attached hydrogens (tertiary/aromatic N) is 1. The molecule has 25 heavy (non-hydrogen) atoms. The van der Waals surface area contributed by atoms with Crippen molar-refractivity contribution in [1.29, 1.82) is 0 Å². The predicted octanol–water partition coefficient (Wildman–Crippen LogP) is 3.39. The number of hydrogen-bond acceptors (Lipinski definition) is 4. The lowest BCUT2D eigenvalue weighted by atomic mass is 10.1. The second-order valence-electron chi connectivity index (χ2n) is 5.17. The molecule has 6 nitrogen and oxygen atoms in total. The minimum absolute atomic E-state index is 0.0876. The first-order chi connectivity index (χ1) is 11.9. The van der Waals surface area contributed by atoms with Crippen molar-refractivity contribution < 1.29 is 19.4 Å². The zero-order chi connectivity index (χ0) is 18.1. The number of anilines is 1. The first kappa shape index (κ1) is 17.5. The summed E-state index contributed by atoms with van der Waals surface area (Å²) in [5.74, 6) is -0.986. The Labute approximate surface area is 160 Å². The molecule has 2 N–H and O–H groups in total. The molecule has 0 unspecified atom stereocenters. The maximum Gasteiger partial charge on any atom is 0.282 e. The Hall–Kier alpha value is -2.32. The van der Waals surface area contributed by atoms with Gasteiger partial charge in [0.1, 0.15) is 5.57 Å². The quantitative estimate of drug-likeness (QED) is 0.535. The lowest BCUT2D eigenvalue weighted by Gasteiger charge is -2.14. The molecule has 0 bridgehead atoms. The van der Waals surface area contributed by atoms with Crippen LogP contribution in [0.25, 0.3) is 6.08 Å². The fourth-order valence-corrected chi connectivity index (χ4v) is 3.21. The molecule has 0 radical (unpaired) electrons. The number of phenolic OH excluding ortho intramolecular Hbond substituents is 1. The highest BCUT2D eigenvalue weighted by Gasteiger charge is 2.34. The van der Waals surface area contributed by atoms with E-state index in [4.69, 9.17) is 4.74 Å². The highest BCUT2D eigenvalue weighted by atomic mass is 79.9. The average Bonchev–Trinajstić information content (AvgIpc) is 2.86. The van der Waals surface area contributed by atoms with Crippen LogP contribution in [0.2, 0.25) is 0 Å². The van der Waals surface area contributed by atoms with E-state index >= 15 is 0 Å². The second-order valence-corrected chi connectivity index (χ2v) is 7.00. The summed E-state index contributed by atoms with van der Waals surface area (Å²) >= 11 is 6.63. The van der Waals surface area contributed by atoms with Crippen molar-refractivity contribution in [1.82, 2.24) is 5.43 Å². The molecule has 1 aliphatic heterocycles. The number of hydrogen-bond donors (Lipinski definition) is 2. The number of amides is 2. The van der Waals surface area contributed by atoms with Crippen molar-refractivity contribution in [2.75, 3.05) is 12.1 Å². The number of aromatic hydroxyl groups is 1. The van der Waals surface area contributed by atoms with E-state index < -0.39 is 11.8 Å². The van der Waals surface area contributed by atoms with Crippen LogP contribution < -0.4 is 15.2 Å². The maximum atomic E-state index is 12.6. The second kappa shape index (κ2) is 6.89. The van der Waals surface area contributed by atoms with Gasteiger partial charge in [-0.3, -0.25) is 15.0 Å². The number of hydrazine groups is 1. The first-order valence-corrected chi connectivity index (χ1v) is 8.68. The van der Waals surface area contributed by atoms with Gasteiger partial charge in [-0.15, -0.1) is 0 Å². The highest BCUT2D eigenvalue weighted by molar-refractivity contribution is 9.10. The van der Waals surface area contributed by atoms with E-state index in [1.54, 1.807) is 30.3 Å². The van der Waals surface area contributed by atoms with E-state index in [1.807, 2.05) is 6.07 Å². The number of nitrogens with one attached hydrogen (secondary N) is 1. The van der Waals surface area contributed by atoms with Gasteiger partial charge >= 0.3 is 0 Å². The molecule has 0 aromatic heterocycles. The predicted molar refractivity (Wildman–Crippen MR) is 100 cm³/mol. The topological polar surface area (TPSA) is 78.9 Å². The van der Waals surface area contributed by atoms with E-state index in [-0.39, 0.29) is 17.1 Å². The summed E-state index contributed by atoms with van der Waals surface area (Å²) in [7, 11) is 1.42. The Morgan fingerprint density at radius 2 is 1.92 bits per heavy atom. The molecular weight excluding hydrogens is 456 g/mol. The maximum absolute atomic E-state index is 12.6. The summed E-state index contributed by atoms with van der Waals surface area (Å²) in [4.78, 5) is 24.8. The summed E-state index contributed by atoms with van der Waals surface area (Å²) in [6.45, 7) is 0. The number of halogens is 2. The van der Waals surface area contributed by atoms with Gasteiger partial charge in [-0.1, -0.05) is 37.9 Å². The lowest BCUT2D eigenvalue weighted by Crippen LogP contribution is -2.35. The van der Waals surface area contributed by atoms with Gasteiger partial charge in [0.2, 0.25) is 0 Å². The summed E-state index contributed by atoms with van der Waals surface area (Å²) in [5.41, 5.74) is 3.24. The van der Waals surface area contributed by atoms with Crippen molar-refractivity contribution in [3.8, 4) is 11.5 Å². The van der Waals surface area contributed by atoms with Gasteiger partial charge in [-0.05, 0) is 36.4 Å². The van der Waals surface area contributed by atoms with Crippen LogP contribution in [0.5, 0.6) is 11.5 Å². The Morgan fingerprint density at radius 1 is 1.16 bits per heavy atom. The molecule has 2 aromatic carbocycles. The number of rotatable bonds is 3. The number of carbonyl (C=O) groups is 2. The highest BCUT2D eigenvalue weighted by Crippen LogP contribution is 2.35. The first-order valence-electron chi connectivity index (χ1n) is 7.10. The summed E-state index contributed by atoms with van der Waals surface area (Å²) in [5, 5.41) is 11.4. The minimum Gasteiger partial charge on any atom is -0.504 e. The van der Waals surface area contributed by atoms with E-state index in [2.05, 4.69) is 37.3 Å². The van der Waals surface area contributed by atoms with Crippen LogP contribution in [0.4, 0.5) is 5.69 Å². The molecule has 8 heteroatoms. The number of phenols is 1. The van der Waals surface area contributed by atoms with Crippen LogP contribution >= 0.6 is 31.9 Å². The average molecular weight is 468 g/mol. The molecule has 1 aliphatic rings. The van der Waals surface area contributed by atoms with Crippen molar-refractivity contribution in [3.05, 3.63) is 56.5 Å². The summed E-state index contributed by atoms with van der Waals surface area (Å²) < 4.78 is 6.50. The van der Waals surface area contributed by atoms with E-state index in [9.17, 15) is 14.7 Å². The van der Waals surface area contributed by atoms with Gasteiger partial charge in [-0.2, -0.15) is 0 Å². The molecule has 0 atom stereocenters. The molecule has 1 saturated heterocycles. The molecular formula is C17H12Br2N2O4. The number of benzene rings is 2. The molecule has 0 saturated carbocycles. The van der Waals surface area contributed by atoms with Crippen LogP contribution in [0, 0.1) is 0 Å². The van der Waals surface area contributed by atoms with Crippen molar-refractivity contribution in [3.63, 3.8) is 0 Å². The summed E-state index contributed by atoms with van der Waals surface area (Å²) in [6.07, 6.45) is 1.33. The molecule has 128 valence electrons. The number of carbonyl (C=O) groups excluding carboxylic acids is 2. The molecule has 0 spiro atoms. The Kier molecular flexibility index (Phi) is 4.82. The Morgan fingerprint density at radius 3 is 2.60 bits per heavy atom. The van der Waals surface area contributed by atoms with Crippen LogP contribution in [-0.4, -0.2) is 24.0 Å². The SMILES string of the molecule is COc1cc(Br)cc(/C=C2/C(=O)NN(c3cccc(Br)c3)C2=O)c1O. The standard InChI is InChI=1S/C17H12Br2N2O4/c1-25-14-8-11(19)5-9(15(14)22)6-13-16(23)20-21(17(13)24)12-4-2-3-10(18)7-12/h2-8,22H,1H3,(H,20,23)/b13-6-. The van der Waals surface area contributed by atoms with Gasteiger partial charge < -0.3 is 9.84 Å². The van der Waals surface area contributed by atoms with Crippen LogP contribution in [0.15, 0.2) is 50.9 Å². The number of methoxy groups -OCH3 is 1. The van der Waals surface area contributed by atoms with Gasteiger partial charge in [-0.25, -0.2) is 5.01 Å². The van der Waals surface area contributed by atoms with Gasteiger partial charge in [0, 0.05) is 14.5 Å². The smallest absolute Gasteiger partial charge is 0.282 e. The van der Waals surface area contributed by atoms with Crippen molar-refractivity contribution in [2.24, 2.45) is 0 Å². The molecule has 3 rings (SSSR count). The van der Waals surface area contributed by atoms with Crippen LogP contribution in [0.1, 0.15) is 5.56 Å². The summed E-state index contributed by atoms with van der Waals surface area (Å²) in [6, 6.07) is 10.2. The molecule has 2 aromatic rings. The minimum atomic E-state index is -0.552. The van der Waals surface area contributed by atoms with Crippen molar-refractivity contribution in [2.45, 2.75) is 0 Å². The fraction of sp³-hybridized carbons (Fsp3) is 0.0588. The van der Waals surface area contributed by atoms with E-state index in [1.165, 1.54) is 13.2 Å². The molecule has 1 heterocycles. The monoisotopic (exact) mass is 466 g/mol. The number of ether oxygens (including phenoxy) is 1. The van der Waals surface area contributed by atoms with Gasteiger partial charge in [0.05, 0.1) is 12.8 Å². The normalized spacial score (nSPS) is 15.6. The Balaban J connectivity index is 2.01. The fourth-order valence-electron chi connectivity index (χ4n) is 2.37. The van der Waals surface area contributed by atoms with Gasteiger partial charge in [0.15, 0.2) is 11.5 Å². The van der Waals surface area contributed by atoms with Crippen LogP contribution in [-0.2, 0) is 9.59 Å². The zero-order valence-corrected chi connectivity index (χ0v) is 16.1. The third kappa shape index (κ3) is 3.40. The largest absolute Gasteiger partial charge is 0.504 e. The van der Waals surface area contributed by atoms with Crippen LogP contribution in [0.3, 0.4) is 0 Å². The third-order valence-electron chi connectivity index (χ3n) is 3.55. The third-order valence-corrected chi connectivity index (χ3v) is 4.50. The molecule has 1 fully saturated rings. The lowest BCUT2D eigenvalue weighted by molar-refractivity contribution is -0.117. The Bertz CT molecular complexity index is 912.